The van der Waals surface area contributed by atoms with Crippen molar-refractivity contribution in [1.82, 2.24) is 0 Å². The molecule has 0 radical (unpaired) electrons. The topological polar surface area (TPSA) is 71.4 Å². The van der Waals surface area contributed by atoms with Gasteiger partial charge >= 0.3 is 0 Å². The molecule has 0 rings (SSSR count). The fourth-order valence-electron chi connectivity index (χ4n) is 0.541. The van der Waals surface area contributed by atoms with Gasteiger partial charge in [-0.25, -0.2) is 0 Å². The first-order valence-corrected chi connectivity index (χ1v) is 4.99. The summed E-state index contributed by atoms with van der Waals surface area (Å²) in [7, 11) is 0. The van der Waals surface area contributed by atoms with Gasteiger partial charge in [0.15, 0.2) is 5.78 Å². The van der Waals surface area contributed by atoms with Crippen LogP contribution in [-0.2, 0) is 14.4 Å². The van der Waals surface area contributed by atoms with Gasteiger partial charge in [0.1, 0.15) is 11.6 Å². The molecule has 0 aliphatic rings. The molecule has 0 saturated carbocycles. The molecule has 0 amide bonds. The van der Waals surface area contributed by atoms with Gasteiger partial charge in [-0.05, 0) is 41.5 Å². The zero-order chi connectivity index (χ0) is 13.5. The second kappa shape index (κ2) is 7.79. The SMILES string of the molecule is CC(=O)/C(C)=C(/C)O.CC(=O)C(C)C(C)=O. The van der Waals surface area contributed by atoms with Crippen LogP contribution in [0.2, 0.25) is 0 Å². The Hall–Kier alpha value is -1.45. The number of hydrogen-bond donors (Lipinski definition) is 1. The predicted molar refractivity (Wildman–Crippen MR) is 62.2 cm³/mol. The summed E-state index contributed by atoms with van der Waals surface area (Å²) >= 11 is 0. The lowest BCUT2D eigenvalue weighted by molar-refractivity contribution is -0.129. The maximum Gasteiger partial charge on any atom is 0.158 e. The highest BCUT2D eigenvalue weighted by atomic mass is 16.3. The van der Waals surface area contributed by atoms with Crippen LogP contribution < -0.4 is 0 Å². The average molecular weight is 228 g/mol. The molecule has 92 valence electrons. The highest BCUT2D eigenvalue weighted by molar-refractivity contribution is 5.99. The van der Waals surface area contributed by atoms with Crippen LogP contribution in [0, 0.1) is 5.92 Å². The minimum atomic E-state index is -0.407. The number of ketones is 3. The maximum absolute atomic E-state index is 10.4. The molecule has 0 spiro atoms. The standard InChI is InChI=1S/2C6H10O2/c2*1-4(5(2)7)6(3)8/h7H,1-3H3;4H,1-3H3/b5-4-;. The highest BCUT2D eigenvalue weighted by Gasteiger charge is 2.11. The Morgan fingerprint density at radius 2 is 1.19 bits per heavy atom. The van der Waals surface area contributed by atoms with Crippen molar-refractivity contribution in [2.75, 3.05) is 0 Å². The van der Waals surface area contributed by atoms with E-state index in [2.05, 4.69) is 0 Å². The number of hydrogen-bond acceptors (Lipinski definition) is 4. The van der Waals surface area contributed by atoms with Crippen molar-refractivity contribution in [3.05, 3.63) is 11.3 Å². The second-order valence-corrected chi connectivity index (χ2v) is 3.71. The average Bonchev–Trinajstić information content (AvgIpc) is 2.15. The minimum Gasteiger partial charge on any atom is -0.512 e. The fraction of sp³-hybridized carbons (Fsp3) is 0.583. The maximum atomic E-state index is 10.4. The summed E-state index contributed by atoms with van der Waals surface area (Å²) < 4.78 is 0. The Morgan fingerprint density at radius 3 is 1.19 bits per heavy atom. The molecule has 4 heteroatoms. The van der Waals surface area contributed by atoms with Crippen molar-refractivity contribution in [2.45, 2.75) is 41.5 Å². The molecular weight excluding hydrogens is 208 g/mol. The van der Waals surface area contributed by atoms with Crippen LogP contribution >= 0.6 is 0 Å². The summed E-state index contributed by atoms with van der Waals surface area (Å²) in [6.07, 6.45) is 0. The number of rotatable bonds is 3. The Morgan fingerprint density at radius 1 is 0.875 bits per heavy atom. The number of Topliss-reactive ketones (excluding diaryl/α,β-unsaturated/α-hetero) is 3. The van der Waals surface area contributed by atoms with Crippen molar-refractivity contribution in [3.8, 4) is 0 Å². The van der Waals surface area contributed by atoms with Gasteiger partial charge in [-0.3, -0.25) is 14.4 Å². The Kier molecular flexibility index (Phi) is 8.26. The molecule has 0 unspecified atom stereocenters. The van der Waals surface area contributed by atoms with Gasteiger partial charge in [0.05, 0.1) is 11.7 Å². The number of carbonyl (C=O) groups is 3. The van der Waals surface area contributed by atoms with Crippen LogP contribution in [0.25, 0.3) is 0 Å². The number of carbonyl (C=O) groups excluding carboxylic acids is 3. The first-order chi connectivity index (χ1) is 7.11. The molecule has 0 aromatic heterocycles. The molecule has 4 nitrogen and oxygen atoms in total. The molecule has 16 heavy (non-hydrogen) atoms. The van der Waals surface area contributed by atoms with Gasteiger partial charge in [0.25, 0.3) is 0 Å². The van der Waals surface area contributed by atoms with Crippen LogP contribution in [0.3, 0.4) is 0 Å². The molecule has 0 heterocycles. The summed E-state index contributed by atoms with van der Waals surface area (Å²) in [6, 6.07) is 0. The van der Waals surface area contributed by atoms with E-state index < -0.39 is 5.92 Å². The van der Waals surface area contributed by atoms with E-state index in [1.807, 2.05) is 0 Å². The van der Waals surface area contributed by atoms with E-state index in [0.717, 1.165) is 0 Å². The molecule has 0 saturated heterocycles. The van der Waals surface area contributed by atoms with Gasteiger partial charge in [-0.1, -0.05) is 0 Å². The van der Waals surface area contributed by atoms with Crippen LogP contribution in [0.1, 0.15) is 41.5 Å². The zero-order valence-electron chi connectivity index (χ0n) is 10.7. The number of aliphatic hydroxyl groups is 1. The van der Waals surface area contributed by atoms with Gasteiger partial charge in [-0.15, -0.1) is 0 Å². The molecule has 0 atom stereocenters. The van der Waals surface area contributed by atoms with Crippen LogP contribution in [0.5, 0.6) is 0 Å². The third-order valence-electron chi connectivity index (χ3n) is 2.29. The third-order valence-corrected chi connectivity index (χ3v) is 2.29. The molecule has 0 aliphatic heterocycles. The summed E-state index contributed by atoms with van der Waals surface area (Å²) in [4.78, 5) is 31.1. The van der Waals surface area contributed by atoms with E-state index in [1.54, 1.807) is 13.8 Å². The van der Waals surface area contributed by atoms with Gasteiger partial charge in [0.2, 0.25) is 0 Å². The first kappa shape index (κ1) is 17.0. The molecule has 1 N–H and O–H groups in total. The van der Waals surface area contributed by atoms with Crippen LogP contribution in [0.15, 0.2) is 11.3 Å². The van der Waals surface area contributed by atoms with E-state index in [-0.39, 0.29) is 23.1 Å². The van der Waals surface area contributed by atoms with Crippen molar-refractivity contribution in [3.63, 3.8) is 0 Å². The lowest BCUT2D eigenvalue weighted by atomic mass is 10.0. The van der Waals surface area contributed by atoms with E-state index in [0.29, 0.717) is 5.57 Å². The highest BCUT2D eigenvalue weighted by Crippen LogP contribution is 1.98. The molecule has 0 aliphatic carbocycles. The quantitative estimate of drug-likeness (QED) is 0.457. The molecular formula is C12H20O4. The Labute approximate surface area is 96.3 Å². The van der Waals surface area contributed by atoms with Gasteiger partial charge in [0, 0.05) is 5.57 Å². The van der Waals surface area contributed by atoms with Crippen molar-refractivity contribution >= 4 is 17.3 Å². The zero-order valence-corrected chi connectivity index (χ0v) is 10.7. The first-order valence-electron chi connectivity index (χ1n) is 4.99. The summed E-state index contributed by atoms with van der Waals surface area (Å²) in [5.74, 6) is -0.493. The monoisotopic (exact) mass is 228 g/mol. The van der Waals surface area contributed by atoms with Crippen LogP contribution in [0.4, 0.5) is 0 Å². The molecule has 0 bridgehead atoms. The minimum absolute atomic E-state index is 0.0579. The van der Waals surface area contributed by atoms with Crippen molar-refractivity contribution in [2.24, 2.45) is 5.92 Å². The fourth-order valence-corrected chi connectivity index (χ4v) is 0.541. The number of aliphatic hydroxyl groups excluding tert-OH is 1. The smallest absolute Gasteiger partial charge is 0.158 e. The van der Waals surface area contributed by atoms with E-state index in [1.165, 1.54) is 27.7 Å². The summed E-state index contributed by atoms with van der Waals surface area (Å²) in [5.41, 5.74) is 0.435. The normalized spacial score (nSPS) is 11.2. The number of allylic oxidation sites excluding steroid dienone is 2. The van der Waals surface area contributed by atoms with Gasteiger partial charge in [-0.2, -0.15) is 0 Å². The van der Waals surface area contributed by atoms with Gasteiger partial charge < -0.3 is 5.11 Å². The third kappa shape index (κ3) is 7.91. The second-order valence-electron chi connectivity index (χ2n) is 3.71. The van der Waals surface area contributed by atoms with E-state index >= 15 is 0 Å². The summed E-state index contributed by atoms with van der Waals surface area (Å²) in [6.45, 7) is 8.98. The Bertz CT molecular complexity index is 295. The predicted octanol–water partition coefficient (Wildman–Crippen LogP) is 2.23. The van der Waals surface area contributed by atoms with Crippen molar-refractivity contribution < 1.29 is 19.5 Å². The largest absolute Gasteiger partial charge is 0.512 e. The Balaban J connectivity index is 0. The van der Waals surface area contributed by atoms with E-state index in [4.69, 9.17) is 5.11 Å². The molecule has 0 aromatic rings. The van der Waals surface area contributed by atoms with Crippen LogP contribution in [-0.4, -0.2) is 22.5 Å². The lowest BCUT2D eigenvalue weighted by Gasteiger charge is -1.97. The van der Waals surface area contributed by atoms with E-state index in [9.17, 15) is 14.4 Å². The molecule has 0 aromatic carbocycles. The lowest BCUT2D eigenvalue weighted by Crippen LogP contribution is -2.14. The van der Waals surface area contributed by atoms with Crippen molar-refractivity contribution in [1.29, 1.82) is 0 Å². The molecule has 0 fully saturated rings. The summed E-state index contributed by atoms with van der Waals surface area (Å²) in [5, 5.41) is 8.65.